The summed E-state index contributed by atoms with van der Waals surface area (Å²) in [6.07, 6.45) is 5.38. The highest BCUT2D eigenvalue weighted by Gasteiger charge is 2.02. The summed E-state index contributed by atoms with van der Waals surface area (Å²) in [4.78, 5) is 10.0. The van der Waals surface area contributed by atoms with Crippen LogP contribution in [0.4, 0.5) is 0 Å². The maximum absolute atomic E-state index is 10.0. The van der Waals surface area contributed by atoms with E-state index in [1.807, 2.05) is 0 Å². The Morgan fingerprint density at radius 2 is 1.73 bits per heavy atom. The molecule has 1 unspecified atom stereocenters. The fourth-order valence-electron chi connectivity index (χ4n) is 1.11. The van der Waals surface area contributed by atoms with Gasteiger partial charge in [-0.15, -0.1) is 0 Å². The predicted octanol–water partition coefficient (Wildman–Crippen LogP) is 3.04. The first kappa shape index (κ1) is 10.7. The van der Waals surface area contributed by atoms with Gasteiger partial charge in [0.15, 0.2) is 0 Å². The van der Waals surface area contributed by atoms with Gasteiger partial charge in [-0.1, -0.05) is 33.6 Å². The van der Waals surface area contributed by atoms with Crippen molar-refractivity contribution in [3.63, 3.8) is 0 Å². The molecular weight excluding hydrogens is 136 g/mol. The zero-order valence-corrected chi connectivity index (χ0v) is 7.97. The van der Waals surface area contributed by atoms with Gasteiger partial charge in [-0.3, -0.25) is 0 Å². The highest BCUT2D eigenvalue weighted by atomic mass is 16.1. The molecule has 0 spiro atoms. The molecule has 0 saturated heterocycles. The van der Waals surface area contributed by atoms with Crippen LogP contribution in [0.2, 0.25) is 0 Å². The molecular formula is C10H20O. The third kappa shape index (κ3) is 7.57. The van der Waals surface area contributed by atoms with Crippen molar-refractivity contribution in [3.8, 4) is 0 Å². The van der Waals surface area contributed by atoms with Crippen LogP contribution in [0.15, 0.2) is 0 Å². The Morgan fingerprint density at radius 1 is 1.09 bits per heavy atom. The number of rotatable bonds is 6. The van der Waals surface area contributed by atoms with E-state index in [1.54, 1.807) is 0 Å². The summed E-state index contributed by atoms with van der Waals surface area (Å²) in [7, 11) is 0. The lowest BCUT2D eigenvalue weighted by molar-refractivity contribution is -0.108. The third-order valence-electron chi connectivity index (χ3n) is 2.01. The van der Waals surface area contributed by atoms with Gasteiger partial charge in [0.25, 0.3) is 0 Å². The topological polar surface area (TPSA) is 17.1 Å². The zero-order valence-electron chi connectivity index (χ0n) is 7.97. The number of aldehydes is 1. The molecule has 0 bridgehead atoms. The second-order valence-corrected chi connectivity index (χ2v) is 3.82. The van der Waals surface area contributed by atoms with Crippen molar-refractivity contribution >= 4 is 6.29 Å². The quantitative estimate of drug-likeness (QED) is 0.540. The number of hydrogen-bond acceptors (Lipinski definition) is 1. The van der Waals surface area contributed by atoms with Gasteiger partial charge in [-0.05, 0) is 18.3 Å². The fraction of sp³-hybridized carbons (Fsp3) is 0.900. The average molecular weight is 156 g/mol. The van der Waals surface area contributed by atoms with Crippen LogP contribution in [-0.4, -0.2) is 6.29 Å². The monoisotopic (exact) mass is 156 g/mol. The molecule has 66 valence electrons. The van der Waals surface area contributed by atoms with E-state index in [2.05, 4.69) is 20.8 Å². The SMILES string of the molecule is CC(C)CCC(C)CCC=O. The summed E-state index contributed by atoms with van der Waals surface area (Å²) in [5.41, 5.74) is 0. The maximum Gasteiger partial charge on any atom is 0.120 e. The van der Waals surface area contributed by atoms with Gasteiger partial charge >= 0.3 is 0 Å². The van der Waals surface area contributed by atoms with Gasteiger partial charge in [0.05, 0.1) is 0 Å². The van der Waals surface area contributed by atoms with Crippen LogP contribution in [0.3, 0.4) is 0 Å². The van der Waals surface area contributed by atoms with Crippen molar-refractivity contribution in [2.24, 2.45) is 11.8 Å². The van der Waals surface area contributed by atoms with E-state index in [4.69, 9.17) is 0 Å². The average Bonchev–Trinajstić information content (AvgIpc) is 1.97. The van der Waals surface area contributed by atoms with Crippen molar-refractivity contribution in [3.05, 3.63) is 0 Å². The molecule has 0 aromatic rings. The number of hydrogen-bond donors (Lipinski definition) is 0. The van der Waals surface area contributed by atoms with E-state index in [0.29, 0.717) is 0 Å². The Hall–Kier alpha value is -0.330. The highest BCUT2D eigenvalue weighted by Crippen LogP contribution is 2.15. The molecule has 0 aliphatic heterocycles. The molecule has 0 N–H and O–H groups in total. The van der Waals surface area contributed by atoms with Crippen molar-refractivity contribution in [1.29, 1.82) is 0 Å². The van der Waals surface area contributed by atoms with Crippen molar-refractivity contribution in [2.75, 3.05) is 0 Å². The smallest absolute Gasteiger partial charge is 0.120 e. The Bertz CT molecular complexity index is 97.0. The maximum atomic E-state index is 10.0. The molecule has 0 radical (unpaired) electrons. The van der Waals surface area contributed by atoms with E-state index in [0.717, 1.165) is 31.0 Å². The van der Waals surface area contributed by atoms with Crippen LogP contribution in [0.5, 0.6) is 0 Å². The summed E-state index contributed by atoms with van der Waals surface area (Å²) in [6.45, 7) is 6.71. The molecule has 0 saturated carbocycles. The summed E-state index contributed by atoms with van der Waals surface area (Å²) in [5, 5.41) is 0. The standard InChI is InChI=1S/C10H20O/c1-9(2)6-7-10(3)5-4-8-11/h8-10H,4-7H2,1-3H3. The summed E-state index contributed by atoms with van der Waals surface area (Å²) in [6, 6.07) is 0. The second kappa shape index (κ2) is 6.38. The summed E-state index contributed by atoms with van der Waals surface area (Å²) >= 11 is 0. The number of carbonyl (C=O) groups excluding carboxylic acids is 1. The Morgan fingerprint density at radius 3 is 2.18 bits per heavy atom. The van der Waals surface area contributed by atoms with Crippen LogP contribution in [0.1, 0.15) is 46.5 Å². The zero-order chi connectivity index (χ0) is 8.69. The highest BCUT2D eigenvalue weighted by molar-refractivity contribution is 5.49. The van der Waals surface area contributed by atoms with E-state index >= 15 is 0 Å². The van der Waals surface area contributed by atoms with Gasteiger partial charge in [-0.25, -0.2) is 0 Å². The predicted molar refractivity (Wildman–Crippen MR) is 48.5 cm³/mol. The van der Waals surface area contributed by atoms with Gasteiger partial charge in [0.1, 0.15) is 6.29 Å². The lowest BCUT2D eigenvalue weighted by Crippen LogP contribution is -1.98. The van der Waals surface area contributed by atoms with Gasteiger partial charge < -0.3 is 4.79 Å². The summed E-state index contributed by atoms with van der Waals surface area (Å²) < 4.78 is 0. The second-order valence-electron chi connectivity index (χ2n) is 3.82. The lowest BCUT2D eigenvalue weighted by Gasteiger charge is -2.10. The van der Waals surface area contributed by atoms with Crippen LogP contribution < -0.4 is 0 Å². The Kier molecular flexibility index (Phi) is 6.19. The molecule has 1 atom stereocenters. The molecule has 0 fully saturated rings. The summed E-state index contributed by atoms with van der Waals surface area (Å²) in [5.74, 6) is 1.52. The molecule has 0 aromatic heterocycles. The molecule has 0 aliphatic rings. The molecule has 0 amide bonds. The normalized spacial score (nSPS) is 13.5. The molecule has 11 heavy (non-hydrogen) atoms. The van der Waals surface area contributed by atoms with Crippen LogP contribution in [0.25, 0.3) is 0 Å². The van der Waals surface area contributed by atoms with E-state index in [1.165, 1.54) is 12.8 Å². The largest absolute Gasteiger partial charge is 0.303 e. The van der Waals surface area contributed by atoms with Gasteiger partial charge in [0.2, 0.25) is 0 Å². The van der Waals surface area contributed by atoms with Crippen molar-refractivity contribution in [1.82, 2.24) is 0 Å². The molecule has 0 aromatic carbocycles. The molecule has 1 heteroatoms. The molecule has 1 nitrogen and oxygen atoms in total. The third-order valence-corrected chi connectivity index (χ3v) is 2.01. The lowest BCUT2D eigenvalue weighted by atomic mass is 9.96. The first-order valence-corrected chi connectivity index (χ1v) is 4.60. The first-order valence-electron chi connectivity index (χ1n) is 4.60. The minimum absolute atomic E-state index is 0.725. The van der Waals surface area contributed by atoms with E-state index in [9.17, 15) is 4.79 Å². The van der Waals surface area contributed by atoms with Crippen molar-refractivity contribution in [2.45, 2.75) is 46.5 Å². The van der Waals surface area contributed by atoms with Gasteiger partial charge in [-0.2, -0.15) is 0 Å². The molecule has 0 rings (SSSR count). The first-order chi connectivity index (χ1) is 5.16. The van der Waals surface area contributed by atoms with Crippen molar-refractivity contribution < 1.29 is 4.79 Å². The fourth-order valence-corrected chi connectivity index (χ4v) is 1.11. The minimum Gasteiger partial charge on any atom is -0.303 e. The number of carbonyl (C=O) groups is 1. The van der Waals surface area contributed by atoms with Crippen LogP contribution in [0, 0.1) is 11.8 Å². The molecule has 0 heterocycles. The van der Waals surface area contributed by atoms with Crippen LogP contribution in [-0.2, 0) is 4.79 Å². The Labute approximate surface area is 70.2 Å². The minimum atomic E-state index is 0.725. The molecule has 0 aliphatic carbocycles. The van der Waals surface area contributed by atoms with Gasteiger partial charge in [0, 0.05) is 6.42 Å². The van der Waals surface area contributed by atoms with Crippen LogP contribution >= 0.6 is 0 Å². The van der Waals surface area contributed by atoms with E-state index in [-0.39, 0.29) is 0 Å². The van der Waals surface area contributed by atoms with E-state index < -0.39 is 0 Å². The Balaban J connectivity index is 3.21.